The fourth-order valence-electron chi connectivity index (χ4n) is 3.74. The Morgan fingerprint density at radius 1 is 1.19 bits per heavy atom. The number of thioether (sulfide) groups is 1. The van der Waals surface area contributed by atoms with Crippen LogP contribution in [0.15, 0.2) is 29.7 Å². The van der Waals surface area contributed by atoms with Gasteiger partial charge in [-0.1, -0.05) is 25.1 Å². The zero-order valence-corrected chi connectivity index (χ0v) is 17.3. The van der Waals surface area contributed by atoms with E-state index < -0.39 is 0 Å². The summed E-state index contributed by atoms with van der Waals surface area (Å²) in [6.45, 7) is 7.34. The molecular weight excluding hydrogens is 358 g/mol. The van der Waals surface area contributed by atoms with Gasteiger partial charge in [-0.25, -0.2) is 0 Å². The zero-order chi connectivity index (χ0) is 19.2. The number of likely N-dealkylation sites (tertiary alicyclic amines) is 1. The Morgan fingerprint density at radius 3 is 2.56 bits per heavy atom. The number of hydrogen-bond acceptors (Lipinski definition) is 5. The van der Waals surface area contributed by atoms with Crippen molar-refractivity contribution < 1.29 is 4.79 Å². The fourth-order valence-corrected chi connectivity index (χ4v) is 4.58. The minimum Gasteiger partial charge on any atom is -0.337 e. The number of nitrogens with zero attached hydrogens (tertiary/aromatic N) is 5. The van der Waals surface area contributed by atoms with Crippen LogP contribution in [-0.4, -0.2) is 48.4 Å². The summed E-state index contributed by atoms with van der Waals surface area (Å²) in [6, 6.07) is 4.55. The largest absolute Gasteiger partial charge is 0.337 e. The van der Waals surface area contributed by atoms with Crippen molar-refractivity contribution in [1.29, 1.82) is 0 Å². The van der Waals surface area contributed by atoms with Gasteiger partial charge >= 0.3 is 0 Å². The van der Waals surface area contributed by atoms with Crippen molar-refractivity contribution in [3.05, 3.63) is 24.5 Å². The van der Waals surface area contributed by atoms with E-state index >= 15 is 0 Å². The smallest absolute Gasteiger partial charge is 0.233 e. The van der Waals surface area contributed by atoms with E-state index in [2.05, 4.69) is 45.4 Å². The van der Waals surface area contributed by atoms with Crippen LogP contribution in [0.1, 0.15) is 52.9 Å². The van der Waals surface area contributed by atoms with Gasteiger partial charge in [0.05, 0.1) is 5.75 Å². The van der Waals surface area contributed by atoms with Gasteiger partial charge in [-0.05, 0) is 51.7 Å². The standard InChI is InChI=1S/C20H29N5OS/c1-4-5-13-24-19(17-9-11-21-12-10-17)22-23-20(24)27-14-18(26)25-15(2)7-6-8-16(25)3/h9-12,15-16H,4-8,13-14H2,1-3H3/t15-,16-/m0/s1. The third kappa shape index (κ3) is 4.69. The maximum atomic E-state index is 12.8. The number of carbonyl (C=O) groups is 1. The van der Waals surface area contributed by atoms with Crippen molar-refractivity contribution in [2.24, 2.45) is 0 Å². The maximum absolute atomic E-state index is 12.8. The predicted octanol–water partition coefficient (Wildman–Crippen LogP) is 4.02. The molecule has 0 N–H and O–H groups in total. The average Bonchev–Trinajstić information content (AvgIpc) is 3.08. The number of rotatable bonds is 7. The van der Waals surface area contributed by atoms with Gasteiger partial charge in [0.1, 0.15) is 0 Å². The number of pyridine rings is 1. The highest BCUT2D eigenvalue weighted by molar-refractivity contribution is 7.99. The zero-order valence-electron chi connectivity index (χ0n) is 16.5. The summed E-state index contributed by atoms with van der Waals surface area (Å²) in [6.07, 6.45) is 9.09. The predicted molar refractivity (Wildman–Crippen MR) is 109 cm³/mol. The summed E-state index contributed by atoms with van der Waals surface area (Å²) >= 11 is 1.50. The molecular formula is C20H29N5OS. The van der Waals surface area contributed by atoms with Gasteiger partial charge in [-0.2, -0.15) is 0 Å². The second-order valence-electron chi connectivity index (χ2n) is 7.27. The Labute approximate surface area is 165 Å². The Bertz CT molecular complexity index is 738. The first-order valence-corrected chi connectivity index (χ1v) is 10.9. The molecule has 1 aliphatic rings. The van der Waals surface area contributed by atoms with Crippen LogP contribution < -0.4 is 0 Å². The molecule has 3 rings (SSSR count). The molecule has 3 heterocycles. The molecule has 146 valence electrons. The first-order valence-electron chi connectivity index (χ1n) is 9.89. The van der Waals surface area contributed by atoms with E-state index in [1.165, 1.54) is 18.2 Å². The molecule has 0 spiro atoms. The molecule has 2 aromatic rings. The summed E-state index contributed by atoms with van der Waals surface area (Å²) in [7, 11) is 0. The molecule has 1 aliphatic heterocycles. The number of amides is 1. The lowest BCUT2D eigenvalue weighted by atomic mass is 9.98. The highest BCUT2D eigenvalue weighted by Gasteiger charge is 2.29. The first-order chi connectivity index (χ1) is 13.1. The van der Waals surface area contributed by atoms with E-state index in [4.69, 9.17) is 0 Å². The molecule has 1 amide bonds. The van der Waals surface area contributed by atoms with Gasteiger partial charge in [0.2, 0.25) is 5.91 Å². The van der Waals surface area contributed by atoms with Crippen LogP contribution in [0.3, 0.4) is 0 Å². The first kappa shape index (κ1) is 19.9. The van der Waals surface area contributed by atoms with Gasteiger partial charge in [0, 0.05) is 36.6 Å². The summed E-state index contributed by atoms with van der Waals surface area (Å²) in [5, 5.41) is 9.60. The highest BCUT2D eigenvalue weighted by atomic mass is 32.2. The lowest BCUT2D eigenvalue weighted by Crippen LogP contribution is -2.48. The fraction of sp³-hybridized carbons (Fsp3) is 0.600. The summed E-state index contributed by atoms with van der Waals surface area (Å²) in [5.74, 6) is 1.46. The van der Waals surface area contributed by atoms with Crippen LogP contribution in [0, 0.1) is 0 Å². The molecule has 7 heteroatoms. The maximum Gasteiger partial charge on any atom is 0.233 e. The Kier molecular flexibility index (Phi) is 6.88. The third-order valence-corrected chi connectivity index (χ3v) is 6.15. The molecule has 0 unspecified atom stereocenters. The average molecular weight is 388 g/mol. The summed E-state index contributed by atoms with van der Waals surface area (Å²) < 4.78 is 2.14. The van der Waals surface area contributed by atoms with E-state index in [1.807, 2.05) is 12.1 Å². The van der Waals surface area contributed by atoms with Crippen LogP contribution in [0.4, 0.5) is 0 Å². The monoisotopic (exact) mass is 387 g/mol. The van der Waals surface area contributed by atoms with Crippen molar-refractivity contribution in [3.63, 3.8) is 0 Å². The van der Waals surface area contributed by atoms with Crippen molar-refractivity contribution in [2.45, 2.75) is 76.7 Å². The third-order valence-electron chi connectivity index (χ3n) is 5.20. The molecule has 27 heavy (non-hydrogen) atoms. The number of piperidine rings is 1. The minimum absolute atomic E-state index is 0.204. The lowest BCUT2D eigenvalue weighted by Gasteiger charge is -2.39. The Hall–Kier alpha value is -1.89. The molecule has 2 atom stereocenters. The van der Waals surface area contributed by atoms with Gasteiger partial charge in [-0.15, -0.1) is 10.2 Å². The summed E-state index contributed by atoms with van der Waals surface area (Å²) in [5.41, 5.74) is 1.00. The second kappa shape index (κ2) is 9.35. The van der Waals surface area contributed by atoms with Crippen LogP contribution in [0.25, 0.3) is 11.4 Å². The molecule has 0 aliphatic carbocycles. The number of aromatic nitrogens is 4. The molecule has 0 radical (unpaired) electrons. The van der Waals surface area contributed by atoms with Gasteiger partial charge in [0.15, 0.2) is 11.0 Å². The van der Waals surface area contributed by atoms with E-state index in [0.717, 1.165) is 48.8 Å². The van der Waals surface area contributed by atoms with E-state index in [0.29, 0.717) is 17.8 Å². The SMILES string of the molecule is CCCCn1c(SCC(=O)N2[C@@H](C)CCC[C@@H]2C)nnc1-c1ccncc1. The number of unbranched alkanes of at least 4 members (excludes halogenated alkanes) is 1. The van der Waals surface area contributed by atoms with Crippen LogP contribution >= 0.6 is 11.8 Å². The Morgan fingerprint density at radius 2 is 1.89 bits per heavy atom. The molecule has 0 saturated carbocycles. The quantitative estimate of drug-likeness (QED) is 0.671. The van der Waals surface area contributed by atoms with Gasteiger partial charge in [0.25, 0.3) is 0 Å². The molecule has 0 aromatic carbocycles. The van der Waals surface area contributed by atoms with E-state index in [9.17, 15) is 4.79 Å². The topological polar surface area (TPSA) is 63.9 Å². The molecule has 1 fully saturated rings. The van der Waals surface area contributed by atoms with Crippen molar-refractivity contribution in [2.75, 3.05) is 5.75 Å². The lowest BCUT2D eigenvalue weighted by molar-refractivity contribution is -0.134. The molecule has 0 bridgehead atoms. The van der Waals surface area contributed by atoms with Gasteiger partial charge in [-0.3, -0.25) is 9.78 Å². The van der Waals surface area contributed by atoms with E-state index in [1.54, 1.807) is 12.4 Å². The molecule has 2 aromatic heterocycles. The van der Waals surface area contributed by atoms with Crippen molar-refractivity contribution in [3.8, 4) is 11.4 Å². The van der Waals surface area contributed by atoms with Crippen molar-refractivity contribution in [1.82, 2.24) is 24.6 Å². The molecule has 1 saturated heterocycles. The minimum atomic E-state index is 0.204. The van der Waals surface area contributed by atoms with Crippen LogP contribution in [0.2, 0.25) is 0 Å². The second-order valence-corrected chi connectivity index (χ2v) is 8.21. The van der Waals surface area contributed by atoms with Gasteiger partial charge < -0.3 is 9.47 Å². The normalized spacial score (nSPS) is 20.0. The van der Waals surface area contributed by atoms with Crippen LogP contribution in [-0.2, 0) is 11.3 Å². The van der Waals surface area contributed by atoms with Crippen molar-refractivity contribution >= 4 is 17.7 Å². The summed E-state index contributed by atoms with van der Waals surface area (Å²) in [4.78, 5) is 19.0. The van der Waals surface area contributed by atoms with E-state index in [-0.39, 0.29) is 5.91 Å². The van der Waals surface area contributed by atoms with Crippen LogP contribution in [0.5, 0.6) is 0 Å². The highest BCUT2D eigenvalue weighted by Crippen LogP contribution is 2.27. The number of hydrogen-bond donors (Lipinski definition) is 0. The molecule has 6 nitrogen and oxygen atoms in total. The number of carbonyl (C=O) groups excluding carboxylic acids is 1. The Balaban J connectivity index is 1.74.